The van der Waals surface area contributed by atoms with E-state index in [1.807, 2.05) is 67.6 Å². The second-order valence-electron chi connectivity index (χ2n) is 15.5. The van der Waals surface area contributed by atoms with E-state index in [0.717, 1.165) is 33.7 Å². The first kappa shape index (κ1) is 41.3. The molecule has 0 aliphatic heterocycles. The Bertz CT molecular complexity index is 2570. The molecule has 1 unspecified atom stereocenters. The van der Waals surface area contributed by atoms with Crippen molar-refractivity contribution in [1.82, 2.24) is 0 Å². The predicted octanol–water partition coefficient (Wildman–Crippen LogP) is 16.5. The van der Waals surface area contributed by atoms with Crippen molar-refractivity contribution in [2.45, 2.75) is 66.2 Å². The van der Waals surface area contributed by atoms with Gasteiger partial charge in [0, 0.05) is 22.1 Å². The lowest BCUT2D eigenvalue weighted by atomic mass is 9.81. The fourth-order valence-electron chi connectivity index (χ4n) is 7.68. The highest BCUT2D eigenvalue weighted by Gasteiger charge is 2.37. The van der Waals surface area contributed by atoms with Gasteiger partial charge in [-0.1, -0.05) is 198 Å². The fourth-order valence-corrected chi connectivity index (χ4v) is 7.68. The molecule has 0 spiro atoms. The summed E-state index contributed by atoms with van der Waals surface area (Å²) in [4.78, 5) is 0. The van der Waals surface area contributed by atoms with Crippen LogP contribution >= 0.6 is 0 Å². The Morgan fingerprint density at radius 2 is 1.26 bits per heavy atom. The standard InChI is InChI=1S/C33H29NO.C10H14.C7H8.C6H6/c1-6-11-23-25-14-10-15-29(32(25)35-30(23)7-2)34-21-16-17-26-27(19-21)33(4,5)28-18-20(3)22-12-8-9-13-24(22)31(26)28;1-3-9(2)10-7-5-4-6-8-10;1-7-5-3-2-4-6-7;1-2-4-6-5-3-1/h6-19,34H,2H2,1,3-5H3;4-9H,3H2,1-2H3;2-6H,1H3;1-6H/b11-6-;;;. The normalized spacial score (nSPS) is 12.5. The van der Waals surface area contributed by atoms with Crippen LogP contribution in [0.4, 0.5) is 11.4 Å². The minimum absolute atomic E-state index is 0.0804. The molecule has 292 valence electrons. The summed E-state index contributed by atoms with van der Waals surface area (Å²) in [6.07, 6.45) is 7.11. The van der Waals surface area contributed by atoms with Crippen molar-refractivity contribution in [3.05, 3.63) is 216 Å². The van der Waals surface area contributed by atoms with Crippen molar-refractivity contribution < 1.29 is 4.42 Å². The Morgan fingerprint density at radius 3 is 1.84 bits per heavy atom. The third kappa shape index (κ3) is 9.25. The maximum absolute atomic E-state index is 6.22. The molecule has 7 aromatic carbocycles. The minimum atomic E-state index is -0.0804. The van der Waals surface area contributed by atoms with Gasteiger partial charge >= 0.3 is 0 Å². The van der Waals surface area contributed by atoms with E-state index in [1.165, 1.54) is 56.1 Å². The molecule has 1 atom stereocenters. The lowest BCUT2D eigenvalue weighted by molar-refractivity contribution is 0.604. The van der Waals surface area contributed by atoms with Crippen LogP contribution in [0.1, 0.15) is 86.1 Å². The van der Waals surface area contributed by atoms with E-state index >= 15 is 0 Å². The summed E-state index contributed by atoms with van der Waals surface area (Å²) < 4.78 is 6.22. The SMILES string of the molecule is C=Cc1oc2c(Nc3ccc4c(c3)C(C)(C)c3cc(C)c5ccccc5c3-4)cccc2c1/C=C\C.CCC(C)c1ccccc1.Cc1ccccc1.c1ccccc1. The number of para-hydroxylation sites is 1. The van der Waals surface area contributed by atoms with Crippen molar-refractivity contribution in [3.63, 3.8) is 0 Å². The lowest BCUT2D eigenvalue weighted by Crippen LogP contribution is -2.15. The molecule has 1 N–H and O–H groups in total. The molecule has 0 fully saturated rings. The molecule has 0 amide bonds. The molecule has 1 aromatic heterocycles. The van der Waals surface area contributed by atoms with Crippen molar-refractivity contribution in [2.24, 2.45) is 0 Å². The van der Waals surface area contributed by atoms with Crippen LogP contribution < -0.4 is 5.32 Å². The molecule has 1 heterocycles. The Labute approximate surface area is 346 Å². The number of nitrogens with one attached hydrogen (secondary N) is 1. The first-order chi connectivity index (χ1) is 28.2. The van der Waals surface area contributed by atoms with Crippen LogP contribution in [0.5, 0.6) is 0 Å². The largest absolute Gasteiger partial charge is 0.454 e. The number of hydrogen-bond donors (Lipinski definition) is 1. The molecule has 0 saturated carbocycles. The molecule has 0 saturated heterocycles. The van der Waals surface area contributed by atoms with E-state index in [1.54, 1.807) is 6.08 Å². The van der Waals surface area contributed by atoms with Crippen LogP contribution in [-0.2, 0) is 5.41 Å². The molecule has 8 aromatic rings. The minimum Gasteiger partial charge on any atom is -0.454 e. The topological polar surface area (TPSA) is 25.2 Å². The van der Waals surface area contributed by atoms with E-state index in [9.17, 15) is 0 Å². The van der Waals surface area contributed by atoms with E-state index in [4.69, 9.17) is 4.42 Å². The maximum atomic E-state index is 6.22. The van der Waals surface area contributed by atoms with Gasteiger partial charge in [-0.2, -0.15) is 0 Å². The molecule has 2 nitrogen and oxygen atoms in total. The van der Waals surface area contributed by atoms with Gasteiger partial charge in [-0.05, 0) is 102 Å². The summed E-state index contributed by atoms with van der Waals surface area (Å²) >= 11 is 0. The molecule has 0 radical (unpaired) electrons. The lowest BCUT2D eigenvalue weighted by Gasteiger charge is -2.23. The van der Waals surface area contributed by atoms with Gasteiger partial charge < -0.3 is 9.73 Å². The van der Waals surface area contributed by atoms with Crippen LogP contribution in [0.2, 0.25) is 0 Å². The Hall–Kier alpha value is -6.38. The first-order valence-corrected chi connectivity index (χ1v) is 20.5. The summed E-state index contributed by atoms with van der Waals surface area (Å²) in [6, 6.07) is 57.1. The van der Waals surface area contributed by atoms with Gasteiger partial charge in [0.25, 0.3) is 0 Å². The van der Waals surface area contributed by atoms with Crippen LogP contribution in [0.3, 0.4) is 0 Å². The molecule has 9 rings (SSSR count). The van der Waals surface area contributed by atoms with Gasteiger partial charge in [0.05, 0.1) is 5.69 Å². The van der Waals surface area contributed by atoms with Gasteiger partial charge in [0.1, 0.15) is 5.76 Å². The zero-order chi connectivity index (χ0) is 41.1. The molecule has 58 heavy (non-hydrogen) atoms. The fraction of sp³-hybridized carbons (Fsp3) is 0.179. The Morgan fingerprint density at radius 1 is 0.672 bits per heavy atom. The zero-order valence-corrected chi connectivity index (χ0v) is 35.2. The summed E-state index contributed by atoms with van der Waals surface area (Å²) in [5.74, 6) is 1.50. The molecular formula is C56H57NO. The summed E-state index contributed by atoms with van der Waals surface area (Å²) in [5.41, 5.74) is 13.4. The second-order valence-corrected chi connectivity index (χ2v) is 15.5. The van der Waals surface area contributed by atoms with E-state index in [0.29, 0.717) is 5.92 Å². The highest BCUT2D eigenvalue weighted by atomic mass is 16.3. The molecule has 1 aliphatic rings. The van der Waals surface area contributed by atoms with Crippen molar-refractivity contribution in [3.8, 4) is 11.1 Å². The number of hydrogen-bond acceptors (Lipinski definition) is 2. The molecule has 2 heteroatoms. The van der Waals surface area contributed by atoms with E-state index in [-0.39, 0.29) is 5.41 Å². The number of allylic oxidation sites excluding steroid dienone is 1. The monoisotopic (exact) mass is 759 g/mol. The number of benzene rings is 7. The average molecular weight is 760 g/mol. The van der Waals surface area contributed by atoms with E-state index < -0.39 is 0 Å². The van der Waals surface area contributed by atoms with Crippen molar-refractivity contribution >= 4 is 45.3 Å². The smallest absolute Gasteiger partial charge is 0.158 e. The molecular weight excluding hydrogens is 703 g/mol. The third-order valence-electron chi connectivity index (χ3n) is 11.1. The highest BCUT2D eigenvalue weighted by Crippen LogP contribution is 2.52. The van der Waals surface area contributed by atoms with Gasteiger partial charge in [-0.25, -0.2) is 0 Å². The number of anilines is 2. The van der Waals surface area contributed by atoms with Crippen LogP contribution in [0.15, 0.2) is 181 Å². The van der Waals surface area contributed by atoms with Crippen LogP contribution in [0.25, 0.3) is 45.0 Å². The number of aryl methyl sites for hydroxylation is 2. The van der Waals surface area contributed by atoms with Gasteiger partial charge in [-0.3, -0.25) is 0 Å². The average Bonchev–Trinajstić information content (AvgIpc) is 3.74. The number of furan rings is 1. The van der Waals surface area contributed by atoms with Crippen LogP contribution in [0, 0.1) is 13.8 Å². The van der Waals surface area contributed by atoms with Gasteiger partial charge in [0.15, 0.2) is 5.58 Å². The number of fused-ring (bicyclic) bond motifs is 6. The second kappa shape index (κ2) is 19.2. The predicted molar refractivity (Wildman–Crippen MR) is 253 cm³/mol. The number of rotatable bonds is 6. The third-order valence-corrected chi connectivity index (χ3v) is 11.1. The van der Waals surface area contributed by atoms with Gasteiger partial charge in [-0.15, -0.1) is 0 Å². The van der Waals surface area contributed by atoms with Crippen LogP contribution in [-0.4, -0.2) is 0 Å². The molecule has 0 bridgehead atoms. The highest BCUT2D eigenvalue weighted by molar-refractivity contribution is 6.04. The van der Waals surface area contributed by atoms with E-state index in [2.05, 4.69) is 169 Å². The Kier molecular flexibility index (Phi) is 13.6. The summed E-state index contributed by atoms with van der Waals surface area (Å²) in [7, 11) is 0. The summed E-state index contributed by atoms with van der Waals surface area (Å²) in [6.45, 7) is 19.4. The van der Waals surface area contributed by atoms with Gasteiger partial charge in [0.2, 0.25) is 0 Å². The summed E-state index contributed by atoms with van der Waals surface area (Å²) in [5, 5.41) is 7.39. The van der Waals surface area contributed by atoms with Crippen molar-refractivity contribution in [2.75, 3.05) is 5.32 Å². The molecule has 1 aliphatic carbocycles. The zero-order valence-electron chi connectivity index (χ0n) is 35.2. The quantitative estimate of drug-likeness (QED) is 0.183. The Balaban J connectivity index is 0.000000198. The van der Waals surface area contributed by atoms with Crippen molar-refractivity contribution in [1.29, 1.82) is 0 Å². The maximum Gasteiger partial charge on any atom is 0.158 e. The first-order valence-electron chi connectivity index (χ1n) is 20.5.